The van der Waals surface area contributed by atoms with Gasteiger partial charge in [-0.05, 0) is 7.05 Å². The van der Waals surface area contributed by atoms with Crippen molar-refractivity contribution in [3.63, 3.8) is 0 Å². The zero-order valence-corrected chi connectivity index (χ0v) is 10.2. The first-order valence-electron chi connectivity index (χ1n) is 3.36. The van der Waals surface area contributed by atoms with Crippen molar-refractivity contribution >= 4 is 54.0 Å². The maximum absolute atomic E-state index is 4.93. The van der Waals surface area contributed by atoms with Crippen LogP contribution in [0, 0.1) is 0 Å². The van der Waals surface area contributed by atoms with Crippen LogP contribution in [-0.4, -0.2) is 47.3 Å². The maximum Gasteiger partial charge on any atom is 0.133 e. The van der Waals surface area contributed by atoms with E-state index in [0.717, 1.165) is 30.5 Å². The summed E-state index contributed by atoms with van der Waals surface area (Å²) in [6.45, 7) is 4.25. The van der Waals surface area contributed by atoms with Crippen molar-refractivity contribution in [3.8, 4) is 0 Å². The number of hydrogen-bond acceptors (Lipinski definition) is 2. The van der Waals surface area contributed by atoms with E-state index in [-0.39, 0.29) is 24.8 Å². The predicted octanol–water partition coefficient (Wildman–Crippen LogP) is 1.29. The summed E-state index contributed by atoms with van der Waals surface area (Å²) in [6, 6.07) is 0. The van der Waals surface area contributed by atoms with Crippen molar-refractivity contribution in [1.82, 2.24) is 9.80 Å². The average molecular weight is 249 g/mol. The first-order valence-corrected chi connectivity index (χ1v) is 4.22. The molecule has 0 aromatic rings. The average Bonchev–Trinajstić information content (AvgIpc) is 1.88. The second-order valence-corrected chi connectivity index (χ2v) is 3.69. The molecule has 0 unspecified atom stereocenters. The number of thiocarbonyl (C=S) groups is 1. The summed E-state index contributed by atoms with van der Waals surface area (Å²) in [7, 11) is 2.12. The number of hydrogen-bond donors (Lipinski definition) is 1. The van der Waals surface area contributed by atoms with Crippen LogP contribution in [0.3, 0.4) is 0 Å². The van der Waals surface area contributed by atoms with Crippen LogP contribution in [0.1, 0.15) is 0 Å². The van der Waals surface area contributed by atoms with Crippen molar-refractivity contribution in [2.45, 2.75) is 0 Å². The van der Waals surface area contributed by atoms with Crippen LogP contribution in [0.5, 0.6) is 0 Å². The summed E-state index contributed by atoms with van der Waals surface area (Å²) in [5, 5.41) is 0. The molecule has 1 heterocycles. The van der Waals surface area contributed by atoms with Gasteiger partial charge >= 0.3 is 0 Å². The highest BCUT2D eigenvalue weighted by molar-refractivity contribution is 8.10. The van der Waals surface area contributed by atoms with E-state index >= 15 is 0 Å². The van der Waals surface area contributed by atoms with Gasteiger partial charge in [-0.15, -0.1) is 37.4 Å². The van der Waals surface area contributed by atoms with Gasteiger partial charge in [0.15, 0.2) is 0 Å². The Labute approximate surface area is 96.9 Å². The third-order valence-electron chi connectivity index (χ3n) is 1.77. The summed E-state index contributed by atoms with van der Waals surface area (Å²) < 4.78 is 0.730. The molecule has 0 saturated carbocycles. The Bertz CT molecular complexity index is 138. The van der Waals surface area contributed by atoms with Crippen LogP contribution in [0.4, 0.5) is 0 Å². The summed E-state index contributed by atoms with van der Waals surface area (Å²) in [6.07, 6.45) is 0. The van der Waals surface area contributed by atoms with Gasteiger partial charge in [0.1, 0.15) is 4.32 Å². The fourth-order valence-electron chi connectivity index (χ4n) is 0.998. The molecule has 6 heteroatoms. The largest absolute Gasteiger partial charge is 0.355 e. The summed E-state index contributed by atoms with van der Waals surface area (Å²) in [5.74, 6) is 0. The van der Waals surface area contributed by atoms with Crippen molar-refractivity contribution < 1.29 is 0 Å². The second kappa shape index (κ2) is 7.21. The lowest BCUT2D eigenvalue weighted by atomic mass is 10.4. The van der Waals surface area contributed by atoms with Crippen LogP contribution in [-0.2, 0) is 0 Å². The Morgan fingerprint density at radius 1 is 1.17 bits per heavy atom. The van der Waals surface area contributed by atoms with E-state index in [1.54, 1.807) is 0 Å². The molecule has 0 amide bonds. The molecule has 0 radical (unpaired) electrons. The van der Waals surface area contributed by atoms with E-state index < -0.39 is 0 Å². The lowest BCUT2D eigenvalue weighted by Gasteiger charge is -2.32. The van der Waals surface area contributed by atoms with Crippen LogP contribution in [0.15, 0.2) is 0 Å². The molecular weight excluding hydrogens is 235 g/mol. The minimum Gasteiger partial charge on any atom is -0.355 e. The van der Waals surface area contributed by atoms with E-state index in [9.17, 15) is 0 Å². The molecule has 74 valence electrons. The number of likely N-dealkylation sites (N-methyl/N-ethyl adjacent to an activating group) is 1. The molecular formula is C6H14Cl2N2S2. The highest BCUT2D eigenvalue weighted by atomic mass is 35.5. The Hall–Kier alpha value is 0.780. The molecule has 1 saturated heterocycles. The fourth-order valence-corrected chi connectivity index (χ4v) is 1.38. The van der Waals surface area contributed by atoms with Crippen LogP contribution in [0.25, 0.3) is 0 Å². The van der Waals surface area contributed by atoms with Gasteiger partial charge in [-0.3, -0.25) is 0 Å². The van der Waals surface area contributed by atoms with Crippen molar-refractivity contribution in [3.05, 3.63) is 0 Å². The topological polar surface area (TPSA) is 6.48 Å². The molecule has 12 heavy (non-hydrogen) atoms. The Morgan fingerprint density at radius 2 is 1.58 bits per heavy atom. The second-order valence-electron chi connectivity index (χ2n) is 2.57. The molecule has 1 aliphatic heterocycles. The lowest BCUT2D eigenvalue weighted by Crippen LogP contribution is -2.45. The maximum atomic E-state index is 4.93. The SMILES string of the molecule is CN1CCN(C(=S)S)CC1.Cl.Cl. The summed E-state index contributed by atoms with van der Waals surface area (Å²) >= 11 is 9.04. The van der Waals surface area contributed by atoms with Gasteiger partial charge in [0.25, 0.3) is 0 Å². The van der Waals surface area contributed by atoms with Crippen molar-refractivity contribution in [2.75, 3.05) is 33.2 Å². The van der Waals surface area contributed by atoms with E-state index in [2.05, 4.69) is 29.5 Å². The molecule has 2 nitrogen and oxygen atoms in total. The highest BCUT2D eigenvalue weighted by Crippen LogP contribution is 2.02. The molecule has 0 spiro atoms. The van der Waals surface area contributed by atoms with Gasteiger partial charge in [0, 0.05) is 26.2 Å². The number of thiol groups is 1. The first-order chi connectivity index (χ1) is 4.70. The molecule has 0 aromatic carbocycles. The minimum absolute atomic E-state index is 0. The Balaban J connectivity index is 0. The predicted molar refractivity (Wildman–Crippen MR) is 65.2 cm³/mol. The van der Waals surface area contributed by atoms with Gasteiger partial charge in [-0.1, -0.05) is 12.2 Å². The smallest absolute Gasteiger partial charge is 0.133 e. The number of piperazine rings is 1. The van der Waals surface area contributed by atoms with E-state index in [4.69, 9.17) is 12.2 Å². The number of rotatable bonds is 0. The zero-order chi connectivity index (χ0) is 7.56. The Kier molecular flexibility index (Phi) is 9.17. The van der Waals surface area contributed by atoms with E-state index in [1.807, 2.05) is 0 Å². The quantitative estimate of drug-likeness (QED) is 0.511. The summed E-state index contributed by atoms with van der Waals surface area (Å²) in [5.41, 5.74) is 0. The van der Waals surface area contributed by atoms with Crippen molar-refractivity contribution in [2.24, 2.45) is 0 Å². The van der Waals surface area contributed by atoms with Crippen molar-refractivity contribution in [1.29, 1.82) is 0 Å². The molecule has 0 aromatic heterocycles. The van der Waals surface area contributed by atoms with Gasteiger partial charge in [-0.25, -0.2) is 0 Å². The van der Waals surface area contributed by atoms with Gasteiger partial charge < -0.3 is 9.80 Å². The van der Waals surface area contributed by atoms with Gasteiger partial charge in [-0.2, -0.15) is 0 Å². The summed E-state index contributed by atoms with van der Waals surface area (Å²) in [4.78, 5) is 4.42. The van der Waals surface area contributed by atoms with Crippen LogP contribution < -0.4 is 0 Å². The minimum atomic E-state index is 0. The monoisotopic (exact) mass is 248 g/mol. The molecule has 0 atom stereocenters. The van der Waals surface area contributed by atoms with E-state index in [0.29, 0.717) is 0 Å². The van der Waals surface area contributed by atoms with Gasteiger partial charge in [0.05, 0.1) is 0 Å². The molecule has 0 N–H and O–H groups in total. The standard InChI is InChI=1S/C6H12N2S2.2ClH/c1-7-2-4-8(5-3-7)6(9)10;;/h2-5H2,1H3,(H,9,10);2*1H. The molecule has 1 aliphatic rings. The normalized spacial score (nSPS) is 17.7. The third-order valence-corrected chi connectivity index (χ3v) is 2.31. The Morgan fingerprint density at radius 3 is 1.92 bits per heavy atom. The third kappa shape index (κ3) is 4.72. The highest BCUT2D eigenvalue weighted by Gasteiger charge is 2.13. The number of nitrogens with zero attached hydrogens (tertiary/aromatic N) is 2. The molecule has 1 rings (SSSR count). The first kappa shape index (κ1) is 15.3. The zero-order valence-electron chi connectivity index (χ0n) is 6.89. The molecule has 0 bridgehead atoms. The fraction of sp³-hybridized carbons (Fsp3) is 0.833. The molecule has 0 aliphatic carbocycles. The lowest BCUT2D eigenvalue weighted by molar-refractivity contribution is 0.220. The van der Waals surface area contributed by atoms with Crippen LogP contribution >= 0.6 is 49.7 Å². The molecule has 1 fully saturated rings. The van der Waals surface area contributed by atoms with Gasteiger partial charge in [0.2, 0.25) is 0 Å². The van der Waals surface area contributed by atoms with Crippen LogP contribution in [0.2, 0.25) is 0 Å². The van der Waals surface area contributed by atoms with E-state index in [1.165, 1.54) is 0 Å². The number of halogens is 2.